The molecule has 2 heterocycles. The number of aromatic nitrogens is 3. The monoisotopic (exact) mass is 262 g/mol. The van der Waals surface area contributed by atoms with Gasteiger partial charge in [-0.25, -0.2) is 9.50 Å². The molecule has 5 heteroatoms. The summed E-state index contributed by atoms with van der Waals surface area (Å²) < 4.78 is 1.58. The maximum absolute atomic E-state index is 12.5. The van der Waals surface area contributed by atoms with Gasteiger partial charge in [0.15, 0.2) is 5.65 Å². The van der Waals surface area contributed by atoms with E-state index < -0.39 is 0 Å². The minimum absolute atomic E-state index is 0.0191. The van der Waals surface area contributed by atoms with Gasteiger partial charge in [-0.3, -0.25) is 9.89 Å². The van der Waals surface area contributed by atoms with E-state index in [0.29, 0.717) is 0 Å². The van der Waals surface area contributed by atoms with Gasteiger partial charge in [0, 0.05) is 29.1 Å². The topological polar surface area (TPSA) is 53.4 Å². The SMILES string of the molecule is Cc1nc2c(CN(C)C)c(C)[nH]n2c(=O)c1C(C)C. The molecule has 0 atom stereocenters. The Balaban J connectivity index is 2.77. The van der Waals surface area contributed by atoms with E-state index in [1.54, 1.807) is 4.52 Å². The first-order valence-corrected chi connectivity index (χ1v) is 6.58. The molecule has 0 aliphatic heterocycles. The van der Waals surface area contributed by atoms with Gasteiger partial charge < -0.3 is 4.90 Å². The Morgan fingerprint density at radius 1 is 1.32 bits per heavy atom. The van der Waals surface area contributed by atoms with Crippen molar-refractivity contribution in [1.29, 1.82) is 0 Å². The van der Waals surface area contributed by atoms with E-state index in [1.807, 2.05) is 41.8 Å². The van der Waals surface area contributed by atoms with Crippen LogP contribution in [0.2, 0.25) is 0 Å². The molecule has 19 heavy (non-hydrogen) atoms. The van der Waals surface area contributed by atoms with Crippen LogP contribution in [0, 0.1) is 13.8 Å². The number of nitrogens with one attached hydrogen (secondary N) is 1. The summed E-state index contributed by atoms with van der Waals surface area (Å²) in [6.45, 7) is 8.71. The van der Waals surface area contributed by atoms with Crippen LogP contribution in [0.15, 0.2) is 4.79 Å². The molecule has 0 aromatic carbocycles. The Morgan fingerprint density at radius 2 is 1.95 bits per heavy atom. The van der Waals surface area contributed by atoms with Crippen molar-refractivity contribution in [3.63, 3.8) is 0 Å². The molecule has 0 saturated carbocycles. The number of hydrogen-bond donors (Lipinski definition) is 1. The maximum Gasteiger partial charge on any atom is 0.276 e. The van der Waals surface area contributed by atoms with E-state index in [0.717, 1.165) is 34.7 Å². The number of hydrogen-bond acceptors (Lipinski definition) is 3. The van der Waals surface area contributed by atoms with Crippen molar-refractivity contribution in [3.8, 4) is 0 Å². The van der Waals surface area contributed by atoms with Gasteiger partial charge in [-0.15, -0.1) is 0 Å². The highest BCUT2D eigenvalue weighted by Crippen LogP contribution is 2.18. The van der Waals surface area contributed by atoms with E-state index in [-0.39, 0.29) is 11.5 Å². The standard InChI is InChI=1S/C14H22N4O/c1-8(2)12-10(4)15-13-11(7-17(5)6)9(3)16-18(13)14(12)19/h8,16H,7H2,1-6H3. The van der Waals surface area contributed by atoms with Crippen molar-refractivity contribution in [2.75, 3.05) is 14.1 Å². The molecule has 0 unspecified atom stereocenters. The van der Waals surface area contributed by atoms with Crippen LogP contribution in [0.3, 0.4) is 0 Å². The van der Waals surface area contributed by atoms with Gasteiger partial charge in [0.2, 0.25) is 0 Å². The van der Waals surface area contributed by atoms with Crippen LogP contribution in [0.4, 0.5) is 0 Å². The molecule has 0 bridgehead atoms. The Bertz CT molecular complexity index is 664. The predicted octanol–water partition coefficient (Wildman–Crippen LogP) is 1.82. The Kier molecular flexibility index (Phi) is 3.49. The fourth-order valence-corrected chi connectivity index (χ4v) is 2.52. The fourth-order valence-electron chi connectivity index (χ4n) is 2.52. The van der Waals surface area contributed by atoms with Crippen molar-refractivity contribution >= 4 is 5.65 Å². The molecular weight excluding hydrogens is 240 g/mol. The zero-order chi connectivity index (χ0) is 14.3. The number of fused-ring (bicyclic) bond motifs is 1. The molecule has 0 aliphatic carbocycles. The minimum atomic E-state index is 0.0191. The molecule has 2 aromatic rings. The molecule has 0 fully saturated rings. The lowest BCUT2D eigenvalue weighted by molar-refractivity contribution is 0.402. The largest absolute Gasteiger partial charge is 0.305 e. The lowest BCUT2D eigenvalue weighted by Gasteiger charge is -2.10. The summed E-state index contributed by atoms with van der Waals surface area (Å²) in [5.74, 6) is 0.179. The number of aromatic amines is 1. The molecular formula is C14H22N4O. The lowest BCUT2D eigenvalue weighted by Crippen LogP contribution is -2.23. The highest BCUT2D eigenvalue weighted by molar-refractivity contribution is 5.51. The first kappa shape index (κ1) is 13.8. The molecule has 104 valence electrons. The van der Waals surface area contributed by atoms with Crippen LogP contribution in [-0.4, -0.2) is 33.6 Å². The molecule has 2 aromatic heterocycles. The average Bonchev–Trinajstić information content (AvgIpc) is 2.56. The van der Waals surface area contributed by atoms with Crippen LogP contribution >= 0.6 is 0 Å². The van der Waals surface area contributed by atoms with Crippen molar-refractivity contribution < 1.29 is 0 Å². The van der Waals surface area contributed by atoms with Crippen LogP contribution in [0.1, 0.15) is 42.3 Å². The van der Waals surface area contributed by atoms with Gasteiger partial charge in [0.05, 0.1) is 0 Å². The summed E-state index contributed by atoms with van der Waals surface area (Å²) in [7, 11) is 4.02. The third-order valence-corrected chi connectivity index (χ3v) is 3.36. The molecule has 0 radical (unpaired) electrons. The van der Waals surface area contributed by atoms with Gasteiger partial charge in [0.1, 0.15) is 0 Å². The number of aryl methyl sites for hydroxylation is 2. The second-order valence-electron chi connectivity index (χ2n) is 5.68. The molecule has 0 aliphatic rings. The Hall–Kier alpha value is -1.62. The van der Waals surface area contributed by atoms with Gasteiger partial charge in [0.25, 0.3) is 5.56 Å². The molecule has 0 spiro atoms. The van der Waals surface area contributed by atoms with E-state index >= 15 is 0 Å². The maximum atomic E-state index is 12.5. The van der Waals surface area contributed by atoms with Crippen molar-refractivity contribution in [1.82, 2.24) is 19.5 Å². The van der Waals surface area contributed by atoms with E-state index in [4.69, 9.17) is 0 Å². The van der Waals surface area contributed by atoms with Crippen molar-refractivity contribution in [3.05, 3.63) is 32.9 Å². The number of rotatable bonds is 3. The highest BCUT2D eigenvalue weighted by atomic mass is 16.1. The predicted molar refractivity (Wildman–Crippen MR) is 76.8 cm³/mol. The second kappa shape index (κ2) is 4.81. The summed E-state index contributed by atoms with van der Waals surface area (Å²) in [4.78, 5) is 19.2. The number of nitrogens with zero attached hydrogens (tertiary/aromatic N) is 3. The summed E-state index contributed by atoms with van der Waals surface area (Å²) in [5.41, 5.74) is 4.47. The van der Waals surface area contributed by atoms with E-state index in [9.17, 15) is 4.79 Å². The fraction of sp³-hybridized carbons (Fsp3) is 0.571. The van der Waals surface area contributed by atoms with Gasteiger partial charge in [-0.2, -0.15) is 0 Å². The zero-order valence-electron chi connectivity index (χ0n) is 12.5. The van der Waals surface area contributed by atoms with Crippen LogP contribution in [0.5, 0.6) is 0 Å². The van der Waals surface area contributed by atoms with E-state index in [1.165, 1.54) is 0 Å². The molecule has 0 saturated heterocycles. The molecule has 5 nitrogen and oxygen atoms in total. The molecule has 2 rings (SSSR count). The van der Waals surface area contributed by atoms with E-state index in [2.05, 4.69) is 15.0 Å². The Labute approximate surface area is 113 Å². The summed E-state index contributed by atoms with van der Waals surface area (Å²) in [6, 6.07) is 0. The van der Waals surface area contributed by atoms with Crippen molar-refractivity contribution in [2.45, 2.75) is 40.2 Å². The lowest BCUT2D eigenvalue weighted by atomic mass is 10.0. The summed E-state index contributed by atoms with van der Waals surface area (Å²) >= 11 is 0. The highest BCUT2D eigenvalue weighted by Gasteiger charge is 2.18. The van der Waals surface area contributed by atoms with Gasteiger partial charge >= 0.3 is 0 Å². The molecule has 0 amide bonds. The van der Waals surface area contributed by atoms with Crippen molar-refractivity contribution in [2.24, 2.45) is 0 Å². The minimum Gasteiger partial charge on any atom is -0.305 e. The first-order chi connectivity index (χ1) is 8.82. The Morgan fingerprint density at radius 3 is 2.47 bits per heavy atom. The smallest absolute Gasteiger partial charge is 0.276 e. The van der Waals surface area contributed by atoms with Crippen LogP contribution in [0.25, 0.3) is 5.65 Å². The normalized spacial score (nSPS) is 12.0. The third kappa shape index (κ3) is 2.30. The summed E-state index contributed by atoms with van der Waals surface area (Å²) in [5, 5.41) is 3.14. The van der Waals surface area contributed by atoms with Crippen LogP contribution in [-0.2, 0) is 6.54 Å². The summed E-state index contributed by atoms with van der Waals surface area (Å²) in [6.07, 6.45) is 0. The molecule has 1 N–H and O–H groups in total. The quantitative estimate of drug-likeness (QED) is 0.918. The van der Waals surface area contributed by atoms with Gasteiger partial charge in [-0.1, -0.05) is 13.8 Å². The third-order valence-electron chi connectivity index (χ3n) is 3.36. The van der Waals surface area contributed by atoms with Crippen LogP contribution < -0.4 is 5.56 Å². The van der Waals surface area contributed by atoms with Gasteiger partial charge in [-0.05, 0) is 33.9 Å². The average molecular weight is 262 g/mol. The number of H-pyrrole nitrogens is 1. The zero-order valence-corrected chi connectivity index (χ0v) is 12.5. The second-order valence-corrected chi connectivity index (χ2v) is 5.68. The first-order valence-electron chi connectivity index (χ1n) is 6.58.